The van der Waals surface area contributed by atoms with Crippen molar-refractivity contribution >= 4 is 23.3 Å². The smallest absolute Gasteiger partial charge is 0.443 e. The van der Waals surface area contributed by atoms with Crippen molar-refractivity contribution in [3.8, 4) is 5.75 Å². The SMILES string of the molecule is CSCc1ccc([N]c2ccc(OC(F)(F)F)cc2)o1. The van der Waals surface area contributed by atoms with Crippen LogP contribution in [0.25, 0.3) is 0 Å². The number of benzene rings is 1. The van der Waals surface area contributed by atoms with Crippen LogP contribution in [0.5, 0.6) is 5.75 Å². The first-order valence-electron chi connectivity index (χ1n) is 5.61. The molecule has 1 aromatic heterocycles. The van der Waals surface area contributed by atoms with E-state index in [0.29, 0.717) is 11.6 Å². The van der Waals surface area contributed by atoms with Gasteiger partial charge < -0.3 is 9.15 Å². The van der Waals surface area contributed by atoms with Crippen LogP contribution in [-0.4, -0.2) is 12.6 Å². The molecule has 1 aromatic carbocycles. The molecule has 0 aliphatic rings. The molecule has 0 atom stereocenters. The molecule has 2 rings (SSSR count). The van der Waals surface area contributed by atoms with Gasteiger partial charge in [0.25, 0.3) is 0 Å². The number of hydrogen-bond donors (Lipinski definition) is 0. The van der Waals surface area contributed by atoms with Crippen LogP contribution in [0.2, 0.25) is 0 Å². The fourth-order valence-electron chi connectivity index (χ4n) is 1.50. The number of nitrogens with zero attached hydrogens (tertiary/aromatic N) is 1. The summed E-state index contributed by atoms with van der Waals surface area (Å²) in [6.45, 7) is 0. The number of alkyl halides is 3. The number of halogens is 3. The Bertz CT molecular complexity index is 551. The maximum absolute atomic E-state index is 12.0. The van der Waals surface area contributed by atoms with Gasteiger partial charge in [0.05, 0.1) is 11.4 Å². The lowest BCUT2D eigenvalue weighted by molar-refractivity contribution is -0.274. The number of hydrogen-bond acceptors (Lipinski definition) is 3. The molecule has 2 aromatic rings. The zero-order valence-electron chi connectivity index (χ0n) is 10.5. The average molecular weight is 302 g/mol. The van der Waals surface area contributed by atoms with Gasteiger partial charge in [0.15, 0.2) is 0 Å². The molecular weight excluding hydrogens is 291 g/mol. The molecule has 3 nitrogen and oxygen atoms in total. The number of thioether (sulfide) groups is 1. The summed E-state index contributed by atoms with van der Waals surface area (Å²) in [6.07, 6.45) is -2.73. The predicted octanol–water partition coefficient (Wildman–Crippen LogP) is 4.61. The van der Waals surface area contributed by atoms with E-state index in [-0.39, 0.29) is 5.75 Å². The van der Waals surface area contributed by atoms with Crippen LogP contribution < -0.4 is 10.1 Å². The van der Waals surface area contributed by atoms with Crippen LogP contribution in [-0.2, 0) is 5.75 Å². The largest absolute Gasteiger partial charge is 0.573 e. The third kappa shape index (κ3) is 4.41. The summed E-state index contributed by atoms with van der Waals surface area (Å²) in [5.74, 6) is 1.68. The Labute approximate surface area is 118 Å². The number of ether oxygens (including phenoxy) is 1. The first kappa shape index (κ1) is 14.6. The van der Waals surface area contributed by atoms with E-state index >= 15 is 0 Å². The molecule has 0 unspecified atom stereocenters. The van der Waals surface area contributed by atoms with Gasteiger partial charge in [-0.05, 0) is 36.6 Å². The predicted molar refractivity (Wildman–Crippen MR) is 70.5 cm³/mol. The molecule has 0 aliphatic carbocycles. The van der Waals surface area contributed by atoms with Crippen molar-refractivity contribution in [2.24, 2.45) is 0 Å². The average Bonchev–Trinajstić information content (AvgIpc) is 2.78. The minimum Gasteiger partial charge on any atom is -0.443 e. The molecule has 1 heterocycles. The summed E-state index contributed by atoms with van der Waals surface area (Å²) in [5.41, 5.74) is 0.490. The maximum atomic E-state index is 12.0. The summed E-state index contributed by atoms with van der Waals surface area (Å²) in [7, 11) is 0. The van der Waals surface area contributed by atoms with Crippen molar-refractivity contribution in [3.05, 3.63) is 42.2 Å². The number of furan rings is 1. The molecule has 107 valence electrons. The second-order valence-electron chi connectivity index (χ2n) is 3.83. The minimum absolute atomic E-state index is 0.279. The second kappa shape index (κ2) is 6.13. The number of rotatable bonds is 5. The Balaban J connectivity index is 1.99. The topological polar surface area (TPSA) is 36.5 Å². The Kier molecular flexibility index (Phi) is 4.49. The zero-order chi connectivity index (χ0) is 14.6. The molecule has 0 fully saturated rings. The van der Waals surface area contributed by atoms with Gasteiger partial charge in [0, 0.05) is 6.07 Å². The van der Waals surface area contributed by atoms with E-state index in [1.54, 1.807) is 17.8 Å². The van der Waals surface area contributed by atoms with Gasteiger partial charge in [-0.25, -0.2) is 5.32 Å². The summed E-state index contributed by atoms with van der Waals surface area (Å²) in [6, 6.07) is 8.80. The fraction of sp³-hybridized carbons (Fsp3) is 0.231. The molecule has 1 radical (unpaired) electrons. The quantitative estimate of drug-likeness (QED) is 0.809. The highest BCUT2D eigenvalue weighted by molar-refractivity contribution is 7.97. The van der Waals surface area contributed by atoms with E-state index in [4.69, 9.17) is 4.42 Å². The van der Waals surface area contributed by atoms with Crippen molar-refractivity contribution in [2.75, 3.05) is 6.26 Å². The third-order valence-corrected chi connectivity index (χ3v) is 2.82. The zero-order valence-corrected chi connectivity index (χ0v) is 11.3. The van der Waals surface area contributed by atoms with E-state index in [9.17, 15) is 13.2 Å². The lowest BCUT2D eigenvalue weighted by Crippen LogP contribution is -2.16. The van der Waals surface area contributed by atoms with Gasteiger partial charge in [-0.1, -0.05) is 0 Å². The Morgan fingerprint density at radius 2 is 1.85 bits per heavy atom. The molecule has 0 aliphatic heterocycles. The summed E-state index contributed by atoms with van der Waals surface area (Å²) < 4.78 is 45.2. The molecule has 0 saturated carbocycles. The van der Waals surface area contributed by atoms with Gasteiger partial charge in [0.2, 0.25) is 5.88 Å². The first-order chi connectivity index (χ1) is 9.46. The van der Waals surface area contributed by atoms with Gasteiger partial charge in [-0.2, -0.15) is 11.8 Å². The van der Waals surface area contributed by atoms with Crippen molar-refractivity contribution in [2.45, 2.75) is 12.1 Å². The highest BCUT2D eigenvalue weighted by Crippen LogP contribution is 2.26. The standard InChI is InChI=1S/C13H11F3NO2S/c1-20-8-11-6-7-12(18-11)17-9-2-4-10(5-3-9)19-13(14,15)16/h2-7H,8H2,1H3. The molecule has 0 amide bonds. The molecular formula is C13H11F3NO2S. The van der Waals surface area contributed by atoms with Crippen LogP contribution >= 0.6 is 11.8 Å². The Morgan fingerprint density at radius 1 is 1.15 bits per heavy atom. The molecule has 20 heavy (non-hydrogen) atoms. The van der Waals surface area contributed by atoms with Crippen LogP contribution in [0.3, 0.4) is 0 Å². The molecule has 0 saturated heterocycles. The summed E-state index contributed by atoms with van der Waals surface area (Å²) in [5, 5.41) is 4.17. The highest BCUT2D eigenvalue weighted by Gasteiger charge is 2.30. The van der Waals surface area contributed by atoms with Gasteiger partial charge in [-0.3, -0.25) is 0 Å². The van der Waals surface area contributed by atoms with E-state index in [1.165, 1.54) is 24.3 Å². The Morgan fingerprint density at radius 3 is 2.45 bits per heavy atom. The van der Waals surface area contributed by atoms with Crippen LogP contribution in [0.1, 0.15) is 5.76 Å². The first-order valence-corrected chi connectivity index (χ1v) is 7.01. The minimum atomic E-state index is -4.69. The van der Waals surface area contributed by atoms with Crippen LogP contribution in [0.4, 0.5) is 24.7 Å². The third-order valence-electron chi connectivity index (χ3n) is 2.24. The monoisotopic (exact) mass is 302 g/mol. The normalized spacial score (nSPS) is 11.4. The van der Waals surface area contributed by atoms with Crippen molar-refractivity contribution in [1.82, 2.24) is 5.32 Å². The van der Waals surface area contributed by atoms with Crippen molar-refractivity contribution < 1.29 is 22.3 Å². The van der Waals surface area contributed by atoms with Gasteiger partial charge in [-0.15, -0.1) is 13.2 Å². The van der Waals surface area contributed by atoms with Crippen LogP contribution in [0.15, 0.2) is 40.8 Å². The van der Waals surface area contributed by atoms with E-state index < -0.39 is 6.36 Å². The van der Waals surface area contributed by atoms with Crippen LogP contribution in [0, 0.1) is 0 Å². The van der Waals surface area contributed by atoms with Crippen molar-refractivity contribution in [1.29, 1.82) is 0 Å². The van der Waals surface area contributed by atoms with Gasteiger partial charge >= 0.3 is 6.36 Å². The van der Waals surface area contributed by atoms with E-state index in [2.05, 4.69) is 10.1 Å². The highest BCUT2D eigenvalue weighted by atomic mass is 32.2. The molecule has 0 N–H and O–H groups in total. The van der Waals surface area contributed by atoms with Gasteiger partial charge in [0.1, 0.15) is 11.5 Å². The molecule has 0 bridgehead atoms. The lowest BCUT2D eigenvalue weighted by atomic mass is 10.3. The molecule has 0 spiro atoms. The van der Waals surface area contributed by atoms with E-state index in [0.717, 1.165) is 11.5 Å². The Hall–Kier alpha value is -1.76. The second-order valence-corrected chi connectivity index (χ2v) is 4.69. The maximum Gasteiger partial charge on any atom is 0.573 e. The van der Waals surface area contributed by atoms with Crippen molar-refractivity contribution in [3.63, 3.8) is 0 Å². The summed E-state index contributed by atoms with van der Waals surface area (Å²) >= 11 is 1.62. The fourth-order valence-corrected chi connectivity index (χ4v) is 1.94. The van der Waals surface area contributed by atoms with E-state index in [1.807, 2.05) is 12.3 Å². The molecule has 7 heteroatoms. The summed E-state index contributed by atoms with van der Waals surface area (Å²) in [4.78, 5) is 0. The lowest BCUT2D eigenvalue weighted by Gasteiger charge is -2.08.